The lowest BCUT2D eigenvalue weighted by Crippen LogP contribution is -2.69. The van der Waals surface area contributed by atoms with E-state index in [9.17, 15) is 4.79 Å². The largest absolute Gasteiger partial charge is 0.445 e. The summed E-state index contributed by atoms with van der Waals surface area (Å²) < 4.78 is 5.23. The van der Waals surface area contributed by atoms with Crippen LogP contribution in [0.25, 0.3) is 0 Å². The molecule has 2 fully saturated rings. The van der Waals surface area contributed by atoms with Gasteiger partial charge in [0.05, 0.1) is 0 Å². The van der Waals surface area contributed by atoms with Crippen LogP contribution in [0.4, 0.5) is 4.79 Å². The summed E-state index contributed by atoms with van der Waals surface area (Å²) >= 11 is 0. The highest BCUT2D eigenvalue weighted by Crippen LogP contribution is 2.44. The summed E-state index contributed by atoms with van der Waals surface area (Å²) in [5.41, 5.74) is 1.34. The van der Waals surface area contributed by atoms with Crippen LogP contribution in [-0.4, -0.2) is 25.2 Å². The monoisotopic (exact) mass is 282 g/mol. The highest BCUT2D eigenvalue weighted by molar-refractivity contribution is 5.85. The Bertz CT molecular complexity index is 429. The quantitative estimate of drug-likeness (QED) is 0.892. The highest BCUT2D eigenvalue weighted by Gasteiger charge is 2.51. The van der Waals surface area contributed by atoms with Gasteiger partial charge in [-0.05, 0) is 18.4 Å². The van der Waals surface area contributed by atoms with Gasteiger partial charge in [-0.1, -0.05) is 30.3 Å². The molecule has 1 amide bonds. The Morgan fingerprint density at radius 3 is 2.63 bits per heavy atom. The summed E-state index contributed by atoms with van der Waals surface area (Å²) in [7, 11) is 0. The summed E-state index contributed by atoms with van der Waals surface area (Å²) in [6, 6.07) is 10.0. The van der Waals surface area contributed by atoms with Crippen LogP contribution in [0.2, 0.25) is 0 Å². The number of nitrogens with one attached hydrogen (secondary N) is 2. The van der Waals surface area contributed by atoms with Crippen LogP contribution in [0.5, 0.6) is 0 Å². The fourth-order valence-corrected chi connectivity index (χ4v) is 2.70. The molecular formula is C14H19ClN2O2. The molecule has 0 radical (unpaired) electrons. The van der Waals surface area contributed by atoms with Gasteiger partial charge in [-0.2, -0.15) is 0 Å². The molecule has 0 aromatic heterocycles. The van der Waals surface area contributed by atoms with Gasteiger partial charge in [0.2, 0.25) is 0 Å². The van der Waals surface area contributed by atoms with Crippen molar-refractivity contribution in [2.75, 3.05) is 13.1 Å². The molecule has 1 aliphatic heterocycles. The van der Waals surface area contributed by atoms with Crippen molar-refractivity contribution in [3.63, 3.8) is 0 Å². The lowest BCUT2D eigenvalue weighted by molar-refractivity contribution is 0.00636. The summed E-state index contributed by atoms with van der Waals surface area (Å²) in [6.07, 6.45) is 1.99. The molecule has 1 saturated heterocycles. The Hall–Kier alpha value is -1.26. The van der Waals surface area contributed by atoms with E-state index in [2.05, 4.69) is 10.6 Å². The molecule has 19 heavy (non-hydrogen) atoms. The first-order valence-corrected chi connectivity index (χ1v) is 6.46. The van der Waals surface area contributed by atoms with E-state index in [1.807, 2.05) is 30.3 Å². The van der Waals surface area contributed by atoms with Crippen LogP contribution in [0.3, 0.4) is 0 Å². The Balaban J connectivity index is 0.00000133. The predicted octanol–water partition coefficient (Wildman–Crippen LogP) is 2.09. The molecule has 1 aromatic carbocycles. The van der Waals surface area contributed by atoms with Gasteiger partial charge in [-0.3, -0.25) is 0 Å². The van der Waals surface area contributed by atoms with Crippen LogP contribution < -0.4 is 10.6 Å². The lowest BCUT2D eigenvalue weighted by atomic mass is 9.60. The van der Waals surface area contributed by atoms with E-state index < -0.39 is 0 Å². The van der Waals surface area contributed by atoms with Gasteiger partial charge in [-0.15, -0.1) is 12.4 Å². The number of carbonyl (C=O) groups is 1. The molecule has 4 nitrogen and oxygen atoms in total. The molecule has 2 N–H and O–H groups in total. The average molecular weight is 283 g/mol. The maximum absolute atomic E-state index is 11.7. The topological polar surface area (TPSA) is 50.4 Å². The highest BCUT2D eigenvalue weighted by atomic mass is 35.5. The second-order valence-electron chi connectivity index (χ2n) is 5.26. The molecule has 1 saturated carbocycles. The van der Waals surface area contributed by atoms with E-state index in [1.54, 1.807) is 0 Å². The molecule has 2 aliphatic rings. The molecule has 1 unspecified atom stereocenters. The minimum atomic E-state index is -0.296. The molecular weight excluding hydrogens is 264 g/mol. The third-order valence-electron chi connectivity index (χ3n) is 4.13. The fraction of sp³-hybridized carbons (Fsp3) is 0.500. The predicted molar refractivity (Wildman–Crippen MR) is 75.3 cm³/mol. The lowest BCUT2D eigenvalue weighted by Gasteiger charge is -2.56. The smallest absolute Gasteiger partial charge is 0.407 e. The first kappa shape index (κ1) is 14.2. The zero-order valence-corrected chi connectivity index (χ0v) is 11.5. The van der Waals surface area contributed by atoms with E-state index in [4.69, 9.17) is 4.74 Å². The summed E-state index contributed by atoms with van der Waals surface area (Å²) in [4.78, 5) is 11.7. The molecule has 1 aromatic rings. The zero-order valence-electron chi connectivity index (χ0n) is 10.7. The van der Waals surface area contributed by atoms with Gasteiger partial charge < -0.3 is 15.4 Å². The maximum atomic E-state index is 11.7. The van der Waals surface area contributed by atoms with Crippen LogP contribution >= 0.6 is 12.4 Å². The number of rotatable bonds is 3. The van der Waals surface area contributed by atoms with E-state index in [1.165, 1.54) is 6.42 Å². The van der Waals surface area contributed by atoms with Crippen molar-refractivity contribution < 1.29 is 9.53 Å². The van der Waals surface area contributed by atoms with Crippen molar-refractivity contribution in [1.29, 1.82) is 0 Å². The van der Waals surface area contributed by atoms with Crippen molar-refractivity contribution in [2.24, 2.45) is 5.41 Å². The van der Waals surface area contributed by atoms with Gasteiger partial charge >= 0.3 is 6.09 Å². The number of hydrogen-bond donors (Lipinski definition) is 2. The molecule has 104 valence electrons. The average Bonchev–Trinajstić information content (AvgIpc) is 2.32. The maximum Gasteiger partial charge on any atom is 0.407 e. The Labute approximate surface area is 119 Å². The van der Waals surface area contributed by atoms with Crippen LogP contribution in [0.1, 0.15) is 18.4 Å². The fourth-order valence-electron chi connectivity index (χ4n) is 2.70. The van der Waals surface area contributed by atoms with Crippen molar-refractivity contribution in [3.05, 3.63) is 35.9 Å². The number of carbonyl (C=O) groups excluding carboxylic acids is 1. The number of ether oxygens (including phenoxy) is 1. The standard InChI is InChI=1S/C14H18N2O2.ClH/c17-13(18-8-11-4-2-1-3-5-11)16-12-6-7-14(12)9-15-10-14;/h1-5,12,15H,6-10H2,(H,16,17);1H. The van der Waals surface area contributed by atoms with E-state index >= 15 is 0 Å². The Morgan fingerprint density at radius 1 is 1.37 bits per heavy atom. The van der Waals surface area contributed by atoms with Crippen molar-refractivity contribution in [2.45, 2.75) is 25.5 Å². The zero-order chi connectivity index (χ0) is 12.4. The number of benzene rings is 1. The van der Waals surface area contributed by atoms with Crippen molar-refractivity contribution in [1.82, 2.24) is 10.6 Å². The Kier molecular flexibility index (Phi) is 4.32. The van der Waals surface area contributed by atoms with Crippen LogP contribution in [-0.2, 0) is 11.3 Å². The van der Waals surface area contributed by atoms with Crippen LogP contribution in [0.15, 0.2) is 30.3 Å². The molecule has 1 spiro atoms. The second-order valence-corrected chi connectivity index (χ2v) is 5.26. The molecule has 1 atom stereocenters. The molecule has 3 rings (SSSR count). The van der Waals surface area contributed by atoms with Crippen molar-refractivity contribution in [3.8, 4) is 0 Å². The van der Waals surface area contributed by atoms with Crippen molar-refractivity contribution >= 4 is 18.5 Å². The number of halogens is 1. The SMILES string of the molecule is Cl.O=C(NC1CCC12CNC2)OCc1ccccc1. The molecule has 1 heterocycles. The summed E-state index contributed by atoms with van der Waals surface area (Å²) in [5.74, 6) is 0. The third kappa shape index (κ3) is 2.85. The van der Waals surface area contributed by atoms with Gasteiger partial charge in [0, 0.05) is 24.5 Å². The minimum absolute atomic E-state index is 0. The van der Waals surface area contributed by atoms with Gasteiger partial charge in [0.1, 0.15) is 6.61 Å². The third-order valence-corrected chi connectivity index (χ3v) is 4.13. The summed E-state index contributed by atoms with van der Waals surface area (Å²) in [5, 5.41) is 6.25. The molecule has 1 aliphatic carbocycles. The van der Waals surface area contributed by atoms with Gasteiger partial charge in [0.25, 0.3) is 0 Å². The minimum Gasteiger partial charge on any atom is -0.445 e. The second kappa shape index (κ2) is 5.80. The molecule has 0 bridgehead atoms. The first-order valence-electron chi connectivity index (χ1n) is 6.46. The number of alkyl carbamates (subject to hydrolysis) is 1. The van der Waals surface area contributed by atoms with Crippen LogP contribution in [0, 0.1) is 5.41 Å². The van der Waals surface area contributed by atoms with E-state index in [-0.39, 0.29) is 18.5 Å². The van der Waals surface area contributed by atoms with E-state index in [0.717, 1.165) is 25.1 Å². The number of hydrogen-bond acceptors (Lipinski definition) is 3. The molecule has 5 heteroatoms. The van der Waals surface area contributed by atoms with Gasteiger partial charge in [-0.25, -0.2) is 4.79 Å². The van der Waals surface area contributed by atoms with Gasteiger partial charge in [0.15, 0.2) is 0 Å². The Morgan fingerprint density at radius 2 is 2.11 bits per heavy atom. The number of amides is 1. The van der Waals surface area contributed by atoms with E-state index in [0.29, 0.717) is 18.1 Å². The first-order chi connectivity index (χ1) is 8.78. The summed E-state index contributed by atoms with van der Waals surface area (Å²) in [6.45, 7) is 2.39. The normalized spacial score (nSPS) is 22.6.